The molecule has 0 aliphatic carbocycles. The third-order valence-corrected chi connectivity index (χ3v) is 7.44. The summed E-state index contributed by atoms with van der Waals surface area (Å²) in [6.07, 6.45) is -0.571. The molecule has 1 aliphatic rings. The summed E-state index contributed by atoms with van der Waals surface area (Å²) in [5, 5.41) is 14.0. The Kier molecular flexibility index (Phi) is 9.24. The van der Waals surface area contributed by atoms with Crippen molar-refractivity contribution in [3.63, 3.8) is 0 Å². The molecule has 2 aromatic rings. The van der Waals surface area contributed by atoms with Crippen molar-refractivity contribution in [3.05, 3.63) is 54.1 Å². The number of aliphatic hydroxyl groups excluding tert-OH is 1. The number of hydrogen-bond acceptors (Lipinski definition) is 7. The van der Waals surface area contributed by atoms with E-state index in [-0.39, 0.29) is 43.0 Å². The lowest BCUT2D eigenvalue weighted by atomic mass is 10.0. The number of carbonyl (C=O) groups is 1. The van der Waals surface area contributed by atoms with Gasteiger partial charge >= 0.3 is 0 Å². The highest BCUT2D eigenvalue weighted by Gasteiger charge is 2.32. The molecule has 0 radical (unpaired) electrons. The number of ether oxygens (including phenoxy) is 2. The van der Waals surface area contributed by atoms with Gasteiger partial charge in [0.15, 0.2) is 11.5 Å². The number of nitrogens with one attached hydrogen (secondary N) is 1. The number of hydrogen-bond donors (Lipinski definition) is 3. The van der Waals surface area contributed by atoms with Gasteiger partial charge < -0.3 is 19.9 Å². The highest BCUT2D eigenvalue weighted by molar-refractivity contribution is 7.89. The summed E-state index contributed by atoms with van der Waals surface area (Å²) in [6, 6.07) is 13.3. The predicted molar refractivity (Wildman–Crippen MR) is 133 cm³/mol. The zero-order valence-electron chi connectivity index (χ0n) is 19.4. The van der Waals surface area contributed by atoms with Gasteiger partial charge in [-0.2, -0.15) is 16.9 Å². The molecule has 0 spiro atoms. The van der Waals surface area contributed by atoms with Crippen LogP contribution >= 0.6 is 12.6 Å². The van der Waals surface area contributed by atoms with Crippen LogP contribution < -0.4 is 14.8 Å². The van der Waals surface area contributed by atoms with E-state index in [9.17, 15) is 18.3 Å². The Labute approximate surface area is 206 Å². The third-order valence-electron chi connectivity index (χ3n) is 5.39. The number of amides is 1. The summed E-state index contributed by atoms with van der Waals surface area (Å²) >= 11 is 4.10. The van der Waals surface area contributed by atoms with Crippen molar-refractivity contribution in [1.29, 1.82) is 0 Å². The van der Waals surface area contributed by atoms with Crippen molar-refractivity contribution in [2.75, 3.05) is 25.6 Å². The Bertz CT molecular complexity index is 1060. The fourth-order valence-electron chi connectivity index (χ4n) is 3.73. The summed E-state index contributed by atoms with van der Waals surface area (Å²) < 4.78 is 38.9. The maximum Gasteiger partial charge on any atom is 0.243 e. The van der Waals surface area contributed by atoms with Crippen LogP contribution in [0.1, 0.15) is 25.8 Å². The van der Waals surface area contributed by atoms with E-state index in [1.54, 1.807) is 6.07 Å². The zero-order valence-corrected chi connectivity index (χ0v) is 21.1. The molecule has 3 rings (SSSR count). The summed E-state index contributed by atoms with van der Waals surface area (Å²) in [5.41, 5.74) is 0.923. The average Bonchev–Trinajstić information content (AvgIpc) is 3.26. The quantitative estimate of drug-likeness (QED) is 0.381. The Hall–Kier alpha value is -2.27. The number of fused-ring (bicyclic) bond motifs is 1. The lowest BCUT2D eigenvalue weighted by molar-refractivity contribution is -0.122. The summed E-state index contributed by atoms with van der Waals surface area (Å²) in [7, 11) is -3.94. The molecule has 186 valence electrons. The molecule has 10 heteroatoms. The molecule has 2 atom stereocenters. The van der Waals surface area contributed by atoms with E-state index >= 15 is 0 Å². The number of sulfonamides is 1. The Morgan fingerprint density at radius 1 is 1.12 bits per heavy atom. The van der Waals surface area contributed by atoms with Crippen LogP contribution in [0.3, 0.4) is 0 Å². The normalized spacial score (nSPS) is 14.9. The van der Waals surface area contributed by atoms with E-state index < -0.39 is 22.2 Å². The van der Waals surface area contributed by atoms with Crippen molar-refractivity contribution in [1.82, 2.24) is 9.62 Å². The SMILES string of the molecule is CC(C)CN(C[C@@H](O)[C@H](Cc1ccccc1)NC(=O)CCS)S(=O)(=O)c1ccc2c(c1)OCO2. The second kappa shape index (κ2) is 11.9. The fourth-order valence-corrected chi connectivity index (χ4v) is 5.57. The lowest BCUT2D eigenvalue weighted by Crippen LogP contribution is -2.51. The number of benzene rings is 2. The first-order valence-corrected chi connectivity index (χ1v) is 13.3. The molecule has 0 saturated heterocycles. The lowest BCUT2D eigenvalue weighted by Gasteiger charge is -2.30. The van der Waals surface area contributed by atoms with E-state index in [4.69, 9.17) is 9.47 Å². The number of nitrogens with zero attached hydrogens (tertiary/aromatic N) is 1. The molecule has 8 nitrogen and oxygen atoms in total. The van der Waals surface area contributed by atoms with Gasteiger partial charge in [0.1, 0.15) is 0 Å². The van der Waals surface area contributed by atoms with Gasteiger partial charge in [0, 0.05) is 25.6 Å². The van der Waals surface area contributed by atoms with E-state index in [0.717, 1.165) is 5.56 Å². The molecule has 2 aromatic carbocycles. The van der Waals surface area contributed by atoms with Crippen molar-refractivity contribution in [2.24, 2.45) is 5.92 Å². The van der Waals surface area contributed by atoms with Gasteiger partial charge in [0.25, 0.3) is 0 Å². The van der Waals surface area contributed by atoms with Crippen LogP contribution in [-0.4, -0.2) is 61.5 Å². The molecule has 1 aliphatic heterocycles. The molecule has 0 aromatic heterocycles. The van der Waals surface area contributed by atoms with Crippen LogP contribution in [0.15, 0.2) is 53.4 Å². The maximum absolute atomic E-state index is 13.5. The predicted octanol–water partition coefficient (Wildman–Crippen LogP) is 2.47. The molecular formula is C24H32N2O6S2. The average molecular weight is 509 g/mol. The van der Waals surface area contributed by atoms with E-state index in [2.05, 4.69) is 17.9 Å². The van der Waals surface area contributed by atoms with Crippen LogP contribution in [0.2, 0.25) is 0 Å². The smallest absolute Gasteiger partial charge is 0.243 e. The topological polar surface area (TPSA) is 105 Å². The minimum Gasteiger partial charge on any atom is -0.454 e. The summed E-state index contributed by atoms with van der Waals surface area (Å²) in [4.78, 5) is 12.4. The highest BCUT2D eigenvalue weighted by atomic mass is 32.2. The Balaban J connectivity index is 1.84. The molecular weight excluding hydrogens is 476 g/mol. The van der Waals surface area contributed by atoms with Crippen LogP contribution in [0.25, 0.3) is 0 Å². The number of thiol groups is 1. The first-order chi connectivity index (χ1) is 16.2. The third kappa shape index (κ3) is 6.88. The minimum atomic E-state index is -3.94. The molecule has 0 saturated carbocycles. The van der Waals surface area contributed by atoms with Crippen molar-refractivity contribution >= 4 is 28.6 Å². The van der Waals surface area contributed by atoms with Gasteiger partial charge in [0.05, 0.1) is 17.0 Å². The second-order valence-electron chi connectivity index (χ2n) is 8.64. The number of aliphatic hydroxyl groups is 1. The number of carbonyl (C=O) groups excluding carboxylic acids is 1. The monoisotopic (exact) mass is 508 g/mol. The molecule has 0 fully saturated rings. The van der Waals surface area contributed by atoms with Crippen LogP contribution in [-0.2, 0) is 21.2 Å². The van der Waals surface area contributed by atoms with E-state index in [1.807, 2.05) is 44.2 Å². The molecule has 0 bridgehead atoms. The number of rotatable bonds is 12. The van der Waals surface area contributed by atoms with Crippen LogP contribution in [0.4, 0.5) is 0 Å². The fraction of sp³-hybridized carbons (Fsp3) is 0.458. The molecule has 1 amide bonds. The zero-order chi connectivity index (χ0) is 24.7. The first kappa shape index (κ1) is 26.3. The molecule has 0 unspecified atom stereocenters. The van der Waals surface area contributed by atoms with Crippen LogP contribution in [0, 0.1) is 5.92 Å². The van der Waals surface area contributed by atoms with Crippen molar-refractivity contribution in [2.45, 2.75) is 43.7 Å². The minimum absolute atomic E-state index is 0.0160. The van der Waals surface area contributed by atoms with Gasteiger partial charge in [-0.25, -0.2) is 8.42 Å². The van der Waals surface area contributed by atoms with Gasteiger partial charge in [-0.05, 0) is 35.8 Å². The van der Waals surface area contributed by atoms with Crippen LogP contribution in [0.5, 0.6) is 11.5 Å². The van der Waals surface area contributed by atoms with E-state index in [0.29, 0.717) is 23.7 Å². The standard InChI is InChI=1S/C24H32N2O6S2/c1-17(2)14-26(34(29,30)19-8-9-22-23(13-19)32-16-31-22)15-21(27)20(25-24(28)10-11-33)12-18-6-4-3-5-7-18/h3-9,13,17,20-21,27,33H,10-12,14-16H2,1-2H3,(H,25,28)/t20-,21+/m0/s1. The Morgan fingerprint density at radius 3 is 2.50 bits per heavy atom. The largest absolute Gasteiger partial charge is 0.454 e. The van der Waals surface area contributed by atoms with Gasteiger partial charge in [-0.1, -0.05) is 44.2 Å². The van der Waals surface area contributed by atoms with Gasteiger partial charge in [0.2, 0.25) is 22.7 Å². The van der Waals surface area contributed by atoms with Crippen molar-refractivity contribution in [3.8, 4) is 11.5 Å². The molecule has 34 heavy (non-hydrogen) atoms. The summed E-state index contributed by atoms with van der Waals surface area (Å²) in [6.45, 7) is 3.89. The highest BCUT2D eigenvalue weighted by Crippen LogP contribution is 2.34. The Morgan fingerprint density at radius 2 is 1.82 bits per heavy atom. The van der Waals surface area contributed by atoms with Crippen molar-refractivity contribution < 1.29 is 27.8 Å². The molecule has 2 N–H and O–H groups in total. The summed E-state index contributed by atoms with van der Waals surface area (Å²) in [5.74, 6) is 1.00. The maximum atomic E-state index is 13.5. The second-order valence-corrected chi connectivity index (χ2v) is 11.0. The molecule has 1 heterocycles. The van der Waals surface area contributed by atoms with Gasteiger partial charge in [-0.3, -0.25) is 4.79 Å². The van der Waals surface area contributed by atoms with Gasteiger partial charge in [-0.15, -0.1) is 0 Å². The first-order valence-electron chi connectivity index (χ1n) is 11.2. The van der Waals surface area contributed by atoms with E-state index in [1.165, 1.54) is 16.4 Å².